The van der Waals surface area contributed by atoms with Crippen LogP contribution in [0.2, 0.25) is 0 Å². The monoisotopic (exact) mass is 497 g/mol. The van der Waals surface area contributed by atoms with Crippen LogP contribution in [0.4, 0.5) is 0 Å². The number of ketones is 1. The fourth-order valence-electron chi connectivity index (χ4n) is 3.93. The molecule has 7 heteroatoms. The molecule has 27 heavy (non-hydrogen) atoms. The smallest absolute Gasteiger partial charge is 0.336 e. The summed E-state index contributed by atoms with van der Waals surface area (Å²) in [5, 5.41) is 14.0. The zero-order chi connectivity index (χ0) is 20.1. The van der Waals surface area contributed by atoms with Crippen molar-refractivity contribution in [2.24, 2.45) is 5.41 Å². The maximum atomic E-state index is 13.1. The topological polar surface area (TPSA) is 75.6 Å². The average molecular weight is 499 g/mol. The van der Waals surface area contributed by atoms with Gasteiger partial charge in [-0.15, -0.1) is 0 Å². The molecule has 1 aliphatic heterocycles. The number of allylic oxidation sites excluding steroid dienone is 3. The first-order valence-electron chi connectivity index (χ1n) is 8.56. The van der Waals surface area contributed by atoms with Crippen LogP contribution in [0.3, 0.4) is 0 Å². The van der Waals surface area contributed by atoms with Crippen LogP contribution in [0.25, 0.3) is 0 Å². The molecule has 2 N–H and O–H groups in total. The summed E-state index contributed by atoms with van der Waals surface area (Å²) in [6.45, 7) is 5.89. The molecule has 0 bridgehead atoms. The number of Topliss-reactive ketones (excluding diaryl/α,β-unsaturated/α-hetero) is 1. The first kappa shape index (κ1) is 20.1. The SMILES string of the molecule is COC(=O)C1=C(C)NC2=C(C(=O)CC(C)(C)C2)C1c1cc(Br)cc(Br)c1O. The Labute approximate surface area is 175 Å². The Morgan fingerprint density at radius 3 is 2.59 bits per heavy atom. The maximum absolute atomic E-state index is 13.1. The molecule has 1 aromatic rings. The molecule has 0 aromatic heterocycles. The molecule has 144 valence electrons. The van der Waals surface area contributed by atoms with Crippen molar-refractivity contribution in [3.63, 3.8) is 0 Å². The average Bonchev–Trinajstić information content (AvgIpc) is 2.55. The number of dihydropyridines is 1. The van der Waals surface area contributed by atoms with Crippen LogP contribution < -0.4 is 5.32 Å². The predicted molar refractivity (Wildman–Crippen MR) is 109 cm³/mol. The van der Waals surface area contributed by atoms with Gasteiger partial charge in [-0.25, -0.2) is 4.79 Å². The summed E-state index contributed by atoms with van der Waals surface area (Å²) in [6.07, 6.45) is 1.07. The summed E-state index contributed by atoms with van der Waals surface area (Å²) in [6, 6.07) is 3.46. The van der Waals surface area contributed by atoms with Crippen LogP contribution in [0.1, 0.15) is 45.1 Å². The molecule has 0 amide bonds. The van der Waals surface area contributed by atoms with E-state index in [0.717, 1.165) is 10.2 Å². The van der Waals surface area contributed by atoms with E-state index in [9.17, 15) is 14.7 Å². The number of esters is 1. The number of phenols is 1. The van der Waals surface area contributed by atoms with E-state index in [0.29, 0.717) is 39.7 Å². The van der Waals surface area contributed by atoms with Crippen molar-refractivity contribution < 1.29 is 19.4 Å². The summed E-state index contributed by atoms with van der Waals surface area (Å²) in [5.74, 6) is -1.23. The van der Waals surface area contributed by atoms with Crippen LogP contribution >= 0.6 is 31.9 Å². The molecule has 1 aromatic carbocycles. The number of nitrogens with one attached hydrogen (secondary N) is 1. The number of aromatic hydroxyl groups is 1. The number of rotatable bonds is 2. The Kier molecular flexibility index (Phi) is 5.29. The van der Waals surface area contributed by atoms with E-state index in [1.54, 1.807) is 19.1 Å². The minimum atomic E-state index is -0.689. The number of carbonyl (C=O) groups is 2. The van der Waals surface area contributed by atoms with Gasteiger partial charge in [0.05, 0.1) is 23.1 Å². The Morgan fingerprint density at radius 1 is 1.30 bits per heavy atom. The van der Waals surface area contributed by atoms with E-state index < -0.39 is 11.9 Å². The Hall–Kier alpha value is -1.60. The van der Waals surface area contributed by atoms with Crippen LogP contribution in [-0.4, -0.2) is 24.0 Å². The van der Waals surface area contributed by atoms with Crippen molar-refractivity contribution in [2.75, 3.05) is 7.11 Å². The molecule has 2 aliphatic rings. The van der Waals surface area contributed by atoms with Gasteiger partial charge in [-0.2, -0.15) is 0 Å². The molecule has 0 saturated heterocycles. The van der Waals surface area contributed by atoms with Gasteiger partial charge >= 0.3 is 5.97 Å². The van der Waals surface area contributed by atoms with Crippen molar-refractivity contribution in [2.45, 2.75) is 39.5 Å². The normalized spacial score (nSPS) is 21.7. The lowest BCUT2D eigenvalue weighted by Gasteiger charge is -2.39. The zero-order valence-corrected chi connectivity index (χ0v) is 18.7. The van der Waals surface area contributed by atoms with Crippen LogP contribution in [-0.2, 0) is 14.3 Å². The van der Waals surface area contributed by atoms with Crippen LogP contribution in [0.5, 0.6) is 5.75 Å². The highest BCUT2D eigenvalue weighted by Gasteiger charge is 2.44. The van der Waals surface area contributed by atoms with Crippen molar-refractivity contribution in [1.29, 1.82) is 0 Å². The largest absolute Gasteiger partial charge is 0.506 e. The molecular weight excluding hydrogens is 478 g/mol. The third kappa shape index (κ3) is 3.59. The molecule has 5 nitrogen and oxygen atoms in total. The van der Waals surface area contributed by atoms with Crippen molar-refractivity contribution in [3.05, 3.63) is 49.2 Å². The molecule has 0 radical (unpaired) electrons. The van der Waals surface area contributed by atoms with Gasteiger partial charge in [0.2, 0.25) is 0 Å². The minimum absolute atomic E-state index is 0.00351. The lowest BCUT2D eigenvalue weighted by molar-refractivity contribution is -0.136. The first-order chi connectivity index (χ1) is 12.6. The Bertz CT molecular complexity index is 915. The second kappa shape index (κ2) is 7.09. The van der Waals surface area contributed by atoms with Gasteiger partial charge < -0.3 is 15.2 Å². The molecule has 1 heterocycles. The quantitative estimate of drug-likeness (QED) is 0.578. The van der Waals surface area contributed by atoms with Gasteiger partial charge in [-0.05, 0) is 46.8 Å². The first-order valence-corrected chi connectivity index (χ1v) is 10.1. The van der Waals surface area contributed by atoms with E-state index in [1.807, 2.05) is 13.8 Å². The van der Waals surface area contributed by atoms with Crippen molar-refractivity contribution in [3.8, 4) is 5.75 Å². The van der Waals surface area contributed by atoms with Crippen LogP contribution in [0, 0.1) is 5.41 Å². The lowest BCUT2D eigenvalue weighted by Crippen LogP contribution is -2.38. The third-order valence-corrected chi connectivity index (χ3v) is 6.08. The number of halogens is 2. The van der Waals surface area contributed by atoms with Gasteiger partial charge in [0.1, 0.15) is 5.75 Å². The number of hydrogen-bond acceptors (Lipinski definition) is 5. The number of methoxy groups -OCH3 is 1. The highest BCUT2D eigenvalue weighted by Crippen LogP contribution is 2.50. The van der Waals surface area contributed by atoms with E-state index in [2.05, 4.69) is 37.2 Å². The van der Waals surface area contributed by atoms with E-state index in [4.69, 9.17) is 4.74 Å². The fourth-order valence-corrected chi connectivity index (χ4v) is 5.19. The summed E-state index contributed by atoms with van der Waals surface area (Å²) < 4.78 is 6.21. The summed E-state index contributed by atoms with van der Waals surface area (Å²) >= 11 is 6.78. The summed E-state index contributed by atoms with van der Waals surface area (Å²) in [5.41, 5.74) is 2.62. The van der Waals surface area contributed by atoms with E-state index in [1.165, 1.54) is 7.11 Å². The summed E-state index contributed by atoms with van der Waals surface area (Å²) in [4.78, 5) is 25.7. The third-order valence-electron chi connectivity index (χ3n) is 5.01. The number of carbonyl (C=O) groups excluding carboxylic acids is 2. The van der Waals surface area contributed by atoms with Gasteiger partial charge in [0, 0.05) is 33.4 Å². The predicted octanol–water partition coefficient (Wildman–Crippen LogP) is 4.69. The van der Waals surface area contributed by atoms with E-state index >= 15 is 0 Å². The molecule has 0 saturated carbocycles. The highest BCUT2D eigenvalue weighted by atomic mass is 79.9. The molecule has 0 fully saturated rings. The molecule has 0 spiro atoms. The van der Waals surface area contributed by atoms with Gasteiger partial charge in [-0.3, -0.25) is 4.79 Å². The summed E-state index contributed by atoms with van der Waals surface area (Å²) in [7, 11) is 1.31. The number of benzene rings is 1. The molecule has 1 aliphatic carbocycles. The second-order valence-electron chi connectivity index (χ2n) is 7.75. The highest BCUT2D eigenvalue weighted by molar-refractivity contribution is 9.11. The van der Waals surface area contributed by atoms with Gasteiger partial charge in [0.15, 0.2) is 5.78 Å². The molecule has 1 atom stereocenters. The zero-order valence-electron chi connectivity index (χ0n) is 15.6. The lowest BCUT2D eigenvalue weighted by atomic mass is 9.68. The van der Waals surface area contributed by atoms with E-state index in [-0.39, 0.29) is 16.9 Å². The van der Waals surface area contributed by atoms with Gasteiger partial charge in [-0.1, -0.05) is 29.8 Å². The second-order valence-corrected chi connectivity index (χ2v) is 9.52. The maximum Gasteiger partial charge on any atom is 0.336 e. The number of hydrogen-bond donors (Lipinski definition) is 2. The number of ether oxygens (including phenoxy) is 1. The Balaban J connectivity index is 2.30. The molecule has 1 unspecified atom stereocenters. The molecular formula is C20H21Br2NO4. The number of phenolic OH excluding ortho intramolecular Hbond substituents is 1. The standard InChI is InChI=1S/C20H21Br2NO4/c1-9-15(19(26)27-4)16(11-5-10(21)6-12(22)18(11)25)17-13(23-9)7-20(2,3)8-14(17)24/h5-6,16,23,25H,7-8H2,1-4H3. The van der Waals surface area contributed by atoms with Crippen molar-refractivity contribution in [1.82, 2.24) is 5.32 Å². The van der Waals surface area contributed by atoms with Crippen molar-refractivity contribution >= 4 is 43.6 Å². The molecule has 3 rings (SSSR count). The Morgan fingerprint density at radius 2 is 1.96 bits per heavy atom. The van der Waals surface area contributed by atoms with Crippen LogP contribution in [0.15, 0.2) is 43.6 Å². The fraction of sp³-hybridized carbons (Fsp3) is 0.400. The van der Waals surface area contributed by atoms with Gasteiger partial charge in [0.25, 0.3) is 0 Å². The minimum Gasteiger partial charge on any atom is -0.506 e.